The van der Waals surface area contributed by atoms with Gasteiger partial charge in [-0.15, -0.1) is 0 Å². The molecule has 31 heavy (non-hydrogen) atoms. The molecule has 1 aliphatic heterocycles. The van der Waals surface area contributed by atoms with E-state index in [4.69, 9.17) is 5.73 Å². The van der Waals surface area contributed by atoms with Crippen molar-refractivity contribution in [1.82, 2.24) is 19.9 Å². The maximum absolute atomic E-state index is 12.4. The number of carbonyl (C=O) groups excluding carboxylic acids is 1. The number of nitrogens with one attached hydrogen (secondary N) is 1. The fraction of sp³-hybridized carbons (Fsp3) is 0.400. The lowest BCUT2D eigenvalue weighted by Crippen LogP contribution is -2.29. The van der Waals surface area contributed by atoms with Crippen LogP contribution in [0.3, 0.4) is 0 Å². The minimum Gasteiger partial charge on any atom is -0.383 e. The molecule has 0 spiro atoms. The summed E-state index contributed by atoms with van der Waals surface area (Å²) in [6.45, 7) is 3.02. The van der Waals surface area contributed by atoms with Crippen molar-refractivity contribution in [2.24, 2.45) is 11.8 Å². The van der Waals surface area contributed by atoms with Gasteiger partial charge in [0.15, 0.2) is 5.78 Å². The Morgan fingerprint density at radius 2 is 1.97 bits per heavy atom. The lowest BCUT2D eigenvalue weighted by atomic mass is 9.98. The number of fused-ring (bicyclic) bond motifs is 1. The van der Waals surface area contributed by atoms with Crippen LogP contribution >= 0.6 is 0 Å². The summed E-state index contributed by atoms with van der Waals surface area (Å²) in [7, 11) is 0. The Bertz CT molecular complexity index is 1180. The fourth-order valence-electron chi connectivity index (χ4n) is 4.34. The van der Waals surface area contributed by atoms with Crippen LogP contribution in [-0.2, 0) is 6.54 Å². The number of aromatic nitrogens is 3. The van der Waals surface area contributed by atoms with Crippen molar-refractivity contribution in [3.05, 3.63) is 53.5 Å². The summed E-state index contributed by atoms with van der Waals surface area (Å²) in [4.78, 5) is 21.1. The minimum atomic E-state index is 0.211. The maximum atomic E-state index is 12.4. The minimum absolute atomic E-state index is 0.211. The van der Waals surface area contributed by atoms with Gasteiger partial charge in [-0.2, -0.15) is 0 Å². The van der Waals surface area contributed by atoms with Gasteiger partial charge >= 0.3 is 0 Å². The van der Waals surface area contributed by atoms with Gasteiger partial charge in [0.1, 0.15) is 17.8 Å². The molecule has 0 bridgehead atoms. The number of anilines is 1. The lowest BCUT2D eigenvalue weighted by molar-refractivity contribution is 0.0976. The van der Waals surface area contributed by atoms with Crippen LogP contribution in [0.5, 0.6) is 0 Å². The van der Waals surface area contributed by atoms with Crippen LogP contribution in [0.2, 0.25) is 0 Å². The Kier molecular flexibility index (Phi) is 5.44. The second-order valence-electron chi connectivity index (χ2n) is 8.75. The SMILES string of the molecule is Nc1ncnc2c1c(C#Cc1cccc(C(=O)CC3CC3)c1)cn2CC1CCNCC1. The molecule has 158 valence electrons. The van der Waals surface area contributed by atoms with Gasteiger partial charge in [0, 0.05) is 30.3 Å². The number of ketones is 1. The highest BCUT2D eigenvalue weighted by Crippen LogP contribution is 2.33. The zero-order valence-corrected chi connectivity index (χ0v) is 17.6. The monoisotopic (exact) mass is 413 g/mol. The number of carbonyl (C=O) groups is 1. The lowest BCUT2D eigenvalue weighted by Gasteiger charge is -2.23. The third-order valence-corrected chi connectivity index (χ3v) is 6.29. The number of rotatable bonds is 5. The van der Waals surface area contributed by atoms with Crippen LogP contribution in [0.15, 0.2) is 36.8 Å². The molecule has 3 heterocycles. The molecule has 6 heteroatoms. The number of piperidine rings is 1. The fourth-order valence-corrected chi connectivity index (χ4v) is 4.34. The second-order valence-corrected chi connectivity index (χ2v) is 8.75. The molecule has 0 atom stereocenters. The molecule has 0 unspecified atom stereocenters. The first-order chi connectivity index (χ1) is 15.2. The largest absolute Gasteiger partial charge is 0.383 e. The van der Waals surface area contributed by atoms with E-state index in [2.05, 4.69) is 31.7 Å². The molecule has 1 saturated carbocycles. The summed E-state index contributed by atoms with van der Waals surface area (Å²) in [6.07, 6.45) is 8.88. The molecule has 0 radical (unpaired) electrons. The van der Waals surface area contributed by atoms with Gasteiger partial charge in [-0.1, -0.05) is 24.0 Å². The van der Waals surface area contributed by atoms with Crippen LogP contribution in [0.4, 0.5) is 5.82 Å². The van der Waals surface area contributed by atoms with Crippen molar-refractivity contribution in [3.63, 3.8) is 0 Å². The Labute approximate surface area is 182 Å². The highest BCUT2D eigenvalue weighted by molar-refractivity contribution is 5.96. The number of Topliss-reactive ketones (excluding diaryl/α,β-unsaturated/α-hetero) is 1. The van der Waals surface area contributed by atoms with E-state index >= 15 is 0 Å². The molecule has 0 amide bonds. The summed E-state index contributed by atoms with van der Waals surface area (Å²) < 4.78 is 2.17. The third kappa shape index (κ3) is 4.47. The van der Waals surface area contributed by atoms with Gasteiger partial charge < -0.3 is 15.6 Å². The van der Waals surface area contributed by atoms with Gasteiger partial charge in [0.05, 0.1) is 10.9 Å². The van der Waals surface area contributed by atoms with Crippen LogP contribution in [-0.4, -0.2) is 33.4 Å². The van der Waals surface area contributed by atoms with E-state index in [1.165, 1.54) is 19.2 Å². The average Bonchev–Trinajstić information content (AvgIpc) is 3.54. The highest BCUT2D eigenvalue weighted by atomic mass is 16.1. The summed E-state index contributed by atoms with van der Waals surface area (Å²) in [5.41, 5.74) is 9.44. The van der Waals surface area contributed by atoms with Gasteiger partial charge in [0.25, 0.3) is 0 Å². The summed E-state index contributed by atoms with van der Waals surface area (Å²) >= 11 is 0. The van der Waals surface area contributed by atoms with Crippen LogP contribution < -0.4 is 11.1 Å². The van der Waals surface area contributed by atoms with E-state index in [1.54, 1.807) is 0 Å². The third-order valence-electron chi connectivity index (χ3n) is 6.29. The van der Waals surface area contributed by atoms with Gasteiger partial charge in [-0.05, 0) is 62.7 Å². The van der Waals surface area contributed by atoms with Gasteiger partial charge in [-0.3, -0.25) is 4.79 Å². The average molecular weight is 414 g/mol. The quantitative estimate of drug-likeness (QED) is 0.495. The Hall–Kier alpha value is -3.17. The normalized spacial score (nSPS) is 16.8. The Balaban J connectivity index is 1.44. The standard InChI is InChI=1S/C25H27N5O/c26-24-23-21(7-6-17-2-1-3-20(12-17)22(31)13-18-4-5-18)15-30(25(23)29-16-28-24)14-19-8-10-27-11-9-19/h1-3,12,15-16,18-19,27H,4-5,8-11,13-14H2,(H2,26,28,29). The van der Waals surface area contributed by atoms with Crippen molar-refractivity contribution in [2.45, 2.75) is 38.6 Å². The first-order valence-electron chi connectivity index (χ1n) is 11.1. The predicted molar refractivity (Wildman–Crippen MR) is 122 cm³/mol. The van der Waals surface area contributed by atoms with E-state index in [0.29, 0.717) is 24.1 Å². The van der Waals surface area contributed by atoms with Gasteiger partial charge in [-0.25, -0.2) is 9.97 Å². The number of nitrogens with zero attached hydrogens (tertiary/aromatic N) is 3. The molecule has 2 fully saturated rings. The van der Waals surface area contributed by atoms with E-state index in [9.17, 15) is 4.79 Å². The predicted octanol–water partition coefficient (Wildman–Crippen LogP) is 3.40. The zero-order valence-electron chi connectivity index (χ0n) is 17.6. The molecule has 6 nitrogen and oxygen atoms in total. The highest BCUT2D eigenvalue weighted by Gasteiger charge is 2.25. The Morgan fingerprint density at radius 3 is 2.77 bits per heavy atom. The Morgan fingerprint density at radius 1 is 1.13 bits per heavy atom. The van der Waals surface area contributed by atoms with Crippen molar-refractivity contribution < 1.29 is 4.79 Å². The maximum Gasteiger partial charge on any atom is 0.163 e. The van der Waals surface area contributed by atoms with Crippen molar-refractivity contribution >= 4 is 22.6 Å². The molecular weight excluding hydrogens is 386 g/mol. The zero-order chi connectivity index (χ0) is 21.2. The number of hydrogen-bond acceptors (Lipinski definition) is 5. The van der Waals surface area contributed by atoms with E-state index in [1.807, 2.05) is 30.5 Å². The topological polar surface area (TPSA) is 85.8 Å². The van der Waals surface area contributed by atoms with Crippen LogP contribution in [0, 0.1) is 23.7 Å². The first kappa shape index (κ1) is 19.8. The molecule has 1 aromatic carbocycles. The molecule has 3 N–H and O–H groups in total. The summed E-state index contributed by atoms with van der Waals surface area (Å²) in [5.74, 6) is 8.35. The van der Waals surface area contributed by atoms with Crippen molar-refractivity contribution in [3.8, 4) is 11.8 Å². The number of nitrogens with two attached hydrogens (primary N) is 1. The van der Waals surface area contributed by atoms with Crippen LogP contribution in [0.1, 0.15) is 53.6 Å². The molecule has 1 saturated heterocycles. The van der Waals surface area contributed by atoms with E-state index < -0.39 is 0 Å². The second kappa shape index (κ2) is 8.52. The van der Waals surface area contributed by atoms with E-state index in [-0.39, 0.29) is 5.78 Å². The molecule has 5 rings (SSSR count). The number of benzene rings is 1. The molecule has 3 aromatic rings. The smallest absolute Gasteiger partial charge is 0.163 e. The molecule has 2 aromatic heterocycles. The molecule has 1 aliphatic carbocycles. The van der Waals surface area contributed by atoms with Crippen molar-refractivity contribution in [1.29, 1.82) is 0 Å². The number of hydrogen-bond donors (Lipinski definition) is 2. The van der Waals surface area contributed by atoms with E-state index in [0.717, 1.165) is 60.2 Å². The van der Waals surface area contributed by atoms with Gasteiger partial charge in [0.2, 0.25) is 0 Å². The molecule has 2 aliphatic rings. The number of nitrogen functional groups attached to an aromatic ring is 1. The molecular formula is C25H27N5O. The summed E-state index contributed by atoms with van der Waals surface area (Å²) in [5, 5.41) is 4.23. The summed E-state index contributed by atoms with van der Waals surface area (Å²) in [6, 6.07) is 7.62. The first-order valence-corrected chi connectivity index (χ1v) is 11.1. The van der Waals surface area contributed by atoms with Crippen molar-refractivity contribution in [2.75, 3.05) is 18.8 Å². The van der Waals surface area contributed by atoms with Crippen LogP contribution in [0.25, 0.3) is 11.0 Å².